The van der Waals surface area contributed by atoms with Crippen molar-refractivity contribution in [2.75, 3.05) is 18.6 Å². The van der Waals surface area contributed by atoms with E-state index >= 15 is 0 Å². The molecule has 2 aromatic carbocycles. The second-order valence-corrected chi connectivity index (χ2v) is 7.36. The zero-order valence-electron chi connectivity index (χ0n) is 16.1. The number of hydrogen-bond acceptors (Lipinski definition) is 6. The number of fused-ring (bicyclic) bond motifs is 1. The second-order valence-electron chi connectivity index (χ2n) is 6.35. The summed E-state index contributed by atoms with van der Waals surface area (Å²) in [6, 6.07) is 17.0. The Morgan fingerprint density at radius 1 is 1.13 bits per heavy atom. The Bertz CT molecular complexity index is 1170. The van der Waals surface area contributed by atoms with Crippen LogP contribution in [0.3, 0.4) is 0 Å². The molecule has 0 aliphatic heterocycles. The zero-order chi connectivity index (χ0) is 20.9. The third kappa shape index (κ3) is 4.38. The summed E-state index contributed by atoms with van der Waals surface area (Å²) < 4.78 is 25.4. The standard InChI is InChI=1S/C22H18FN3O3S/c1-28-16-9-10-20-18(12-16)25-22(30-20)26(13-15-6-4-5-11-24-15)21(27)14-29-19-8-3-2-7-17(19)23/h2-12H,13-14H2,1H3. The van der Waals surface area contributed by atoms with Crippen LogP contribution in [0.1, 0.15) is 5.69 Å². The van der Waals surface area contributed by atoms with Crippen molar-refractivity contribution in [2.45, 2.75) is 6.54 Å². The van der Waals surface area contributed by atoms with Gasteiger partial charge in [-0.25, -0.2) is 9.37 Å². The second kappa shape index (κ2) is 8.87. The topological polar surface area (TPSA) is 64.5 Å². The molecule has 2 aromatic heterocycles. The van der Waals surface area contributed by atoms with E-state index in [1.807, 2.05) is 30.3 Å². The number of benzene rings is 2. The van der Waals surface area contributed by atoms with Crippen molar-refractivity contribution < 1.29 is 18.7 Å². The van der Waals surface area contributed by atoms with E-state index < -0.39 is 5.82 Å². The highest BCUT2D eigenvalue weighted by Gasteiger charge is 2.22. The number of aromatic nitrogens is 2. The number of rotatable bonds is 7. The van der Waals surface area contributed by atoms with Gasteiger partial charge in [-0.05, 0) is 36.4 Å². The van der Waals surface area contributed by atoms with Crippen LogP contribution >= 0.6 is 11.3 Å². The van der Waals surface area contributed by atoms with Crippen LogP contribution in [-0.4, -0.2) is 29.6 Å². The number of para-hydroxylation sites is 1. The number of halogens is 1. The van der Waals surface area contributed by atoms with E-state index in [4.69, 9.17) is 9.47 Å². The summed E-state index contributed by atoms with van der Waals surface area (Å²) in [7, 11) is 1.59. The fourth-order valence-corrected chi connectivity index (χ4v) is 3.80. The molecule has 4 rings (SSSR count). The first kappa shape index (κ1) is 19.8. The van der Waals surface area contributed by atoms with Crippen molar-refractivity contribution in [3.05, 3.63) is 78.4 Å². The van der Waals surface area contributed by atoms with E-state index in [0.717, 1.165) is 10.2 Å². The molecule has 30 heavy (non-hydrogen) atoms. The number of carbonyl (C=O) groups is 1. The van der Waals surface area contributed by atoms with E-state index in [2.05, 4.69) is 9.97 Å². The molecule has 0 saturated carbocycles. The molecule has 2 heterocycles. The lowest BCUT2D eigenvalue weighted by Crippen LogP contribution is -2.34. The Morgan fingerprint density at radius 2 is 1.97 bits per heavy atom. The third-order valence-electron chi connectivity index (χ3n) is 4.35. The third-order valence-corrected chi connectivity index (χ3v) is 5.41. The van der Waals surface area contributed by atoms with Crippen LogP contribution < -0.4 is 14.4 Å². The normalized spacial score (nSPS) is 10.7. The van der Waals surface area contributed by atoms with Crippen LogP contribution in [0.2, 0.25) is 0 Å². The largest absolute Gasteiger partial charge is 0.497 e. The van der Waals surface area contributed by atoms with Gasteiger partial charge >= 0.3 is 0 Å². The van der Waals surface area contributed by atoms with E-state index in [9.17, 15) is 9.18 Å². The molecule has 0 fully saturated rings. The SMILES string of the molecule is COc1ccc2sc(N(Cc3ccccn3)C(=O)COc3ccccc3F)nc2c1. The average molecular weight is 423 g/mol. The lowest BCUT2D eigenvalue weighted by Gasteiger charge is -2.19. The van der Waals surface area contributed by atoms with Gasteiger partial charge in [0.05, 0.1) is 29.6 Å². The van der Waals surface area contributed by atoms with E-state index in [1.165, 1.54) is 28.4 Å². The monoisotopic (exact) mass is 423 g/mol. The molecule has 0 bridgehead atoms. The van der Waals surface area contributed by atoms with Crippen molar-refractivity contribution in [3.63, 3.8) is 0 Å². The minimum atomic E-state index is -0.520. The molecule has 0 N–H and O–H groups in total. The van der Waals surface area contributed by atoms with Gasteiger partial charge in [0.2, 0.25) is 0 Å². The summed E-state index contributed by atoms with van der Waals surface area (Å²) in [5, 5.41) is 0.506. The molecule has 0 unspecified atom stereocenters. The maximum atomic E-state index is 13.8. The number of hydrogen-bond donors (Lipinski definition) is 0. The predicted molar refractivity (Wildman–Crippen MR) is 113 cm³/mol. The molecular weight excluding hydrogens is 405 g/mol. The summed E-state index contributed by atoms with van der Waals surface area (Å²) in [4.78, 5) is 23.4. The van der Waals surface area contributed by atoms with Crippen LogP contribution in [-0.2, 0) is 11.3 Å². The van der Waals surface area contributed by atoms with Gasteiger partial charge in [0.15, 0.2) is 23.3 Å². The number of amides is 1. The highest BCUT2D eigenvalue weighted by Crippen LogP contribution is 2.32. The van der Waals surface area contributed by atoms with Crippen LogP contribution in [0.5, 0.6) is 11.5 Å². The van der Waals surface area contributed by atoms with Gasteiger partial charge in [-0.15, -0.1) is 0 Å². The number of carbonyl (C=O) groups excluding carboxylic acids is 1. The van der Waals surface area contributed by atoms with Gasteiger partial charge in [-0.1, -0.05) is 29.5 Å². The Balaban J connectivity index is 1.62. The number of pyridine rings is 1. The molecule has 0 radical (unpaired) electrons. The molecule has 0 aliphatic rings. The van der Waals surface area contributed by atoms with Gasteiger partial charge in [-0.3, -0.25) is 14.7 Å². The fourth-order valence-electron chi connectivity index (χ4n) is 2.83. The Kier molecular flexibility index (Phi) is 5.85. The van der Waals surface area contributed by atoms with Crippen LogP contribution in [0, 0.1) is 5.82 Å². The maximum Gasteiger partial charge on any atom is 0.267 e. The first-order valence-electron chi connectivity index (χ1n) is 9.16. The number of thiazole rings is 1. The van der Waals surface area contributed by atoms with E-state index in [0.29, 0.717) is 16.6 Å². The van der Waals surface area contributed by atoms with Gasteiger partial charge in [-0.2, -0.15) is 0 Å². The first-order valence-corrected chi connectivity index (χ1v) is 9.98. The van der Waals surface area contributed by atoms with Crippen molar-refractivity contribution >= 4 is 32.6 Å². The number of methoxy groups -OCH3 is 1. The highest BCUT2D eigenvalue weighted by molar-refractivity contribution is 7.22. The quantitative estimate of drug-likeness (QED) is 0.439. The summed E-state index contributed by atoms with van der Waals surface area (Å²) in [5.41, 5.74) is 1.43. The smallest absolute Gasteiger partial charge is 0.267 e. The van der Waals surface area contributed by atoms with Crippen LogP contribution in [0.15, 0.2) is 66.9 Å². The van der Waals surface area contributed by atoms with Crippen molar-refractivity contribution in [1.29, 1.82) is 0 Å². The minimum Gasteiger partial charge on any atom is -0.497 e. The van der Waals surface area contributed by atoms with Gasteiger partial charge in [0.25, 0.3) is 5.91 Å². The van der Waals surface area contributed by atoms with Gasteiger partial charge in [0, 0.05) is 12.3 Å². The Labute approximate surface area is 176 Å². The molecule has 4 aromatic rings. The summed E-state index contributed by atoms with van der Waals surface area (Å²) in [6.07, 6.45) is 1.66. The maximum absolute atomic E-state index is 13.8. The van der Waals surface area contributed by atoms with E-state index in [1.54, 1.807) is 31.5 Å². The lowest BCUT2D eigenvalue weighted by molar-refractivity contribution is -0.120. The molecule has 1 amide bonds. The molecule has 6 nitrogen and oxygen atoms in total. The van der Waals surface area contributed by atoms with Crippen molar-refractivity contribution in [3.8, 4) is 11.5 Å². The fraction of sp³-hybridized carbons (Fsp3) is 0.136. The van der Waals surface area contributed by atoms with E-state index in [-0.39, 0.29) is 24.8 Å². The van der Waals surface area contributed by atoms with Crippen LogP contribution in [0.25, 0.3) is 10.2 Å². The molecule has 8 heteroatoms. The lowest BCUT2D eigenvalue weighted by atomic mass is 10.3. The molecule has 0 aliphatic carbocycles. The number of ether oxygens (including phenoxy) is 2. The predicted octanol–water partition coefficient (Wildman–Crippen LogP) is 4.45. The van der Waals surface area contributed by atoms with Crippen molar-refractivity contribution in [2.24, 2.45) is 0 Å². The van der Waals surface area contributed by atoms with Crippen molar-refractivity contribution in [1.82, 2.24) is 9.97 Å². The molecule has 0 atom stereocenters. The molecule has 0 spiro atoms. The molecular formula is C22H18FN3O3S. The summed E-state index contributed by atoms with van der Waals surface area (Å²) >= 11 is 1.38. The number of anilines is 1. The minimum absolute atomic E-state index is 0.0256. The Morgan fingerprint density at radius 3 is 2.73 bits per heavy atom. The zero-order valence-corrected chi connectivity index (χ0v) is 16.9. The summed E-state index contributed by atoms with van der Waals surface area (Å²) in [5.74, 6) is -0.161. The van der Waals surface area contributed by atoms with Gasteiger partial charge in [0.1, 0.15) is 5.75 Å². The first-order chi connectivity index (χ1) is 14.6. The Hall–Kier alpha value is -3.52. The number of nitrogens with zero attached hydrogens (tertiary/aromatic N) is 3. The molecule has 0 saturated heterocycles. The van der Waals surface area contributed by atoms with Gasteiger partial charge < -0.3 is 9.47 Å². The van der Waals surface area contributed by atoms with Crippen LogP contribution in [0.4, 0.5) is 9.52 Å². The highest BCUT2D eigenvalue weighted by atomic mass is 32.1. The molecule has 152 valence electrons. The summed E-state index contributed by atoms with van der Waals surface area (Å²) in [6.45, 7) is -0.107. The average Bonchev–Trinajstić information content (AvgIpc) is 3.20.